The molecule has 10 heteroatoms. The van der Waals surface area contributed by atoms with Gasteiger partial charge in [-0.1, -0.05) is 35.5 Å². The Kier molecular flexibility index (Phi) is 9.84. The smallest absolute Gasteiger partial charge is 0.374 e. The van der Waals surface area contributed by atoms with Crippen LogP contribution in [0.15, 0.2) is 34.9 Å². The van der Waals surface area contributed by atoms with Gasteiger partial charge in [0.2, 0.25) is 0 Å². The number of rotatable bonds is 14. The van der Waals surface area contributed by atoms with Crippen LogP contribution in [-0.2, 0) is 36.3 Å². The molecule has 31 heavy (non-hydrogen) atoms. The summed E-state index contributed by atoms with van der Waals surface area (Å²) in [6.45, 7) is 4.98. The van der Waals surface area contributed by atoms with Gasteiger partial charge in [-0.25, -0.2) is 4.57 Å². The van der Waals surface area contributed by atoms with Crippen LogP contribution in [0, 0.1) is 13.8 Å². The summed E-state index contributed by atoms with van der Waals surface area (Å²) >= 11 is 0. The van der Waals surface area contributed by atoms with E-state index < -0.39 is 13.9 Å². The second-order valence-corrected chi connectivity index (χ2v) is 9.80. The van der Waals surface area contributed by atoms with Crippen molar-refractivity contribution in [3.8, 4) is 0 Å². The molecular weight excluding hydrogens is 423 g/mol. The lowest BCUT2D eigenvalue weighted by Gasteiger charge is -2.24. The molecule has 0 bridgehead atoms. The van der Waals surface area contributed by atoms with Gasteiger partial charge < -0.3 is 23.4 Å². The predicted molar refractivity (Wildman–Crippen MR) is 115 cm³/mol. The van der Waals surface area contributed by atoms with E-state index in [1.807, 2.05) is 65.3 Å². The highest BCUT2D eigenvalue weighted by Crippen LogP contribution is 2.43. The lowest BCUT2D eigenvalue weighted by Crippen LogP contribution is -2.37. The summed E-state index contributed by atoms with van der Waals surface area (Å²) in [6.07, 6.45) is -0.567. The zero-order valence-corrected chi connectivity index (χ0v) is 19.8. The van der Waals surface area contributed by atoms with E-state index >= 15 is 0 Å². The van der Waals surface area contributed by atoms with E-state index in [-0.39, 0.29) is 19.8 Å². The monoisotopic (exact) mass is 457 g/mol. The van der Waals surface area contributed by atoms with Crippen LogP contribution in [0.4, 0.5) is 0 Å². The second-order valence-electron chi connectivity index (χ2n) is 8.35. The molecule has 0 aliphatic rings. The molecular formula is C21H34N2O7P+. The number of aryl methyl sites for hydroxylation is 2. The predicted octanol–water partition coefficient (Wildman–Crippen LogP) is 3.23. The first-order valence-electron chi connectivity index (χ1n) is 10.1. The van der Waals surface area contributed by atoms with E-state index in [0.717, 1.165) is 16.8 Å². The molecule has 1 aromatic carbocycles. The highest BCUT2D eigenvalue weighted by Gasteiger charge is 2.25. The standard InChI is InChI=1S/C21H33N2O7P/c1-17-21(18(2)30-22-17)16-26-14-20(27-13-19-9-7-6-8-10-19)15-29-31(24,25)28-12-11-23(3,4)5/h6-10,20H,11-16H2,1-5H3/p+1. The van der Waals surface area contributed by atoms with Gasteiger partial charge >= 0.3 is 7.82 Å². The summed E-state index contributed by atoms with van der Waals surface area (Å²) in [5.74, 6) is 0.695. The summed E-state index contributed by atoms with van der Waals surface area (Å²) in [5.41, 5.74) is 2.62. The molecule has 0 radical (unpaired) electrons. The Hall–Kier alpha value is -1.58. The van der Waals surface area contributed by atoms with Gasteiger partial charge in [0.1, 0.15) is 25.0 Å². The molecule has 2 rings (SSSR count). The van der Waals surface area contributed by atoms with Crippen molar-refractivity contribution in [2.75, 3.05) is 47.5 Å². The first-order valence-corrected chi connectivity index (χ1v) is 11.6. The second kappa shape index (κ2) is 11.9. The van der Waals surface area contributed by atoms with Crippen LogP contribution in [0.3, 0.4) is 0 Å². The molecule has 2 aromatic rings. The van der Waals surface area contributed by atoms with Crippen molar-refractivity contribution >= 4 is 7.82 Å². The normalized spacial score (nSPS) is 15.0. The third-order valence-corrected chi connectivity index (χ3v) is 5.48. The van der Waals surface area contributed by atoms with Gasteiger partial charge in [-0.15, -0.1) is 0 Å². The highest BCUT2D eigenvalue weighted by atomic mass is 31.2. The maximum absolute atomic E-state index is 12.2. The van der Waals surface area contributed by atoms with Crippen LogP contribution >= 0.6 is 7.82 Å². The molecule has 1 heterocycles. The highest BCUT2D eigenvalue weighted by molar-refractivity contribution is 7.47. The summed E-state index contributed by atoms with van der Waals surface area (Å²) in [5, 5.41) is 3.91. The minimum Gasteiger partial charge on any atom is -0.374 e. The Morgan fingerprint density at radius 1 is 1.10 bits per heavy atom. The molecule has 1 aromatic heterocycles. The number of hydrogen-bond acceptors (Lipinski definition) is 7. The average molecular weight is 457 g/mol. The summed E-state index contributed by atoms with van der Waals surface area (Å²) in [7, 11) is 1.71. The minimum absolute atomic E-state index is 0.107. The molecule has 0 spiro atoms. The van der Waals surface area contributed by atoms with Crippen molar-refractivity contribution in [3.63, 3.8) is 0 Å². The van der Waals surface area contributed by atoms with Gasteiger partial charge in [0, 0.05) is 5.56 Å². The number of phosphoric ester groups is 1. The van der Waals surface area contributed by atoms with Crippen LogP contribution in [0.5, 0.6) is 0 Å². The van der Waals surface area contributed by atoms with Crippen LogP contribution in [0.1, 0.15) is 22.6 Å². The summed E-state index contributed by atoms with van der Waals surface area (Å²) in [6, 6.07) is 9.64. The molecule has 2 atom stereocenters. The fraction of sp³-hybridized carbons (Fsp3) is 0.571. The Morgan fingerprint density at radius 2 is 1.81 bits per heavy atom. The van der Waals surface area contributed by atoms with Gasteiger partial charge in [-0.05, 0) is 19.4 Å². The van der Waals surface area contributed by atoms with Crippen molar-refractivity contribution in [2.24, 2.45) is 0 Å². The largest absolute Gasteiger partial charge is 0.472 e. The molecule has 0 saturated carbocycles. The number of quaternary nitrogens is 1. The van der Waals surface area contributed by atoms with Crippen molar-refractivity contribution in [1.82, 2.24) is 5.16 Å². The third kappa shape index (κ3) is 10.1. The van der Waals surface area contributed by atoms with Crippen LogP contribution in [0.25, 0.3) is 0 Å². The quantitative estimate of drug-likeness (QED) is 0.341. The third-order valence-electron chi connectivity index (χ3n) is 4.50. The molecule has 0 aliphatic heterocycles. The topological polar surface area (TPSA) is 100 Å². The first kappa shape index (κ1) is 25.7. The first-order chi connectivity index (χ1) is 14.6. The van der Waals surface area contributed by atoms with Crippen LogP contribution in [0.2, 0.25) is 0 Å². The number of aromatic nitrogens is 1. The molecule has 0 fully saturated rings. The van der Waals surface area contributed by atoms with E-state index in [0.29, 0.717) is 30.0 Å². The van der Waals surface area contributed by atoms with Gasteiger partial charge in [-0.3, -0.25) is 9.05 Å². The van der Waals surface area contributed by atoms with E-state index in [2.05, 4.69) is 5.16 Å². The van der Waals surface area contributed by atoms with E-state index in [4.69, 9.17) is 23.0 Å². The van der Waals surface area contributed by atoms with Gasteiger partial charge in [0.15, 0.2) is 0 Å². The Morgan fingerprint density at radius 3 is 2.42 bits per heavy atom. The summed E-state index contributed by atoms with van der Waals surface area (Å²) in [4.78, 5) is 9.98. The van der Waals surface area contributed by atoms with Crippen LogP contribution in [-0.4, -0.2) is 68.1 Å². The zero-order chi connectivity index (χ0) is 22.9. The molecule has 2 unspecified atom stereocenters. The molecule has 1 N–H and O–H groups in total. The van der Waals surface area contributed by atoms with Crippen molar-refractivity contribution < 1.29 is 37.0 Å². The van der Waals surface area contributed by atoms with Gasteiger partial charge in [0.25, 0.3) is 0 Å². The Bertz CT molecular complexity index is 816. The van der Waals surface area contributed by atoms with Crippen LogP contribution < -0.4 is 0 Å². The lowest BCUT2D eigenvalue weighted by molar-refractivity contribution is -0.870. The fourth-order valence-corrected chi connectivity index (χ4v) is 3.32. The summed E-state index contributed by atoms with van der Waals surface area (Å²) < 4.78 is 39.9. The number of likely N-dealkylation sites (N-methyl/N-ethyl adjacent to an activating group) is 1. The molecule has 174 valence electrons. The lowest BCUT2D eigenvalue weighted by atomic mass is 10.2. The van der Waals surface area contributed by atoms with Crippen molar-refractivity contribution in [2.45, 2.75) is 33.2 Å². The zero-order valence-electron chi connectivity index (χ0n) is 18.9. The average Bonchev–Trinajstić information content (AvgIpc) is 3.01. The number of hydrogen-bond donors (Lipinski definition) is 1. The molecule has 0 amide bonds. The van der Waals surface area contributed by atoms with Crippen molar-refractivity contribution in [1.29, 1.82) is 0 Å². The molecule has 0 aliphatic carbocycles. The Balaban J connectivity index is 1.88. The molecule has 9 nitrogen and oxygen atoms in total. The van der Waals surface area contributed by atoms with Gasteiger partial charge in [-0.2, -0.15) is 0 Å². The number of benzene rings is 1. The molecule has 0 saturated heterocycles. The Labute approximate surface area is 184 Å². The van der Waals surface area contributed by atoms with Gasteiger partial charge in [0.05, 0.1) is 53.3 Å². The SMILES string of the molecule is Cc1noc(C)c1COCC(COP(=O)(O)OCC[N+](C)(C)C)OCc1ccccc1. The maximum Gasteiger partial charge on any atom is 0.472 e. The fourth-order valence-electron chi connectivity index (χ4n) is 2.58. The number of nitrogens with zero attached hydrogens (tertiary/aromatic N) is 2. The maximum atomic E-state index is 12.2. The van der Waals surface area contributed by atoms with E-state index in [9.17, 15) is 9.46 Å². The van der Waals surface area contributed by atoms with Crippen molar-refractivity contribution in [3.05, 3.63) is 52.9 Å². The minimum atomic E-state index is -4.19. The number of phosphoric acid groups is 1. The van der Waals surface area contributed by atoms with E-state index in [1.54, 1.807) is 0 Å². The van der Waals surface area contributed by atoms with E-state index in [1.165, 1.54) is 0 Å². The number of ether oxygens (including phenoxy) is 2.